The van der Waals surface area contributed by atoms with Crippen LogP contribution in [0.25, 0.3) is 0 Å². The van der Waals surface area contributed by atoms with Crippen molar-refractivity contribution in [1.29, 1.82) is 0 Å². The fourth-order valence-corrected chi connectivity index (χ4v) is 3.49. The molecule has 1 aliphatic rings. The molecule has 0 aliphatic carbocycles. The van der Waals surface area contributed by atoms with E-state index < -0.39 is 0 Å². The molecule has 118 valence electrons. The summed E-state index contributed by atoms with van der Waals surface area (Å²) < 4.78 is 14.4. The monoisotopic (exact) mass is 356 g/mol. The fraction of sp³-hybridized carbons (Fsp3) is 0.647. The minimum Gasteiger partial charge on any atom is -0.312 e. The zero-order valence-corrected chi connectivity index (χ0v) is 14.8. The average Bonchev–Trinajstić information content (AvgIpc) is 2.59. The zero-order chi connectivity index (χ0) is 15.4. The van der Waals surface area contributed by atoms with Crippen LogP contribution in [0.2, 0.25) is 0 Å². The van der Waals surface area contributed by atoms with Crippen LogP contribution < -0.4 is 5.32 Å². The van der Waals surface area contributed by atoms with Crippen molar-refractivity contribution in [3.05, 3.63) is 34.1 Å². The second-order valence-electron chi connectivity index (χ2n) is 6.29. The molecule has 0 aromatic heterocycles. The minimum absolute atomic E-state index is 0.168. The lowest BCUT2D eigenvalue weighted by Crippen LogP contribution is -2.43. The quantitative estimate of drug-likeness (QED) is 0.869. The van der Waals surface area contributed by atoms with Crippen LogP contribution >= 0.6 is 15.9 Å². The van der Waals surface area contributed by atoms with Gasteiger partial charge >= 0.3 is 0 Å². The minimum atomic E-state index is -0.168. The summed E-state index contributed by atoms with van der Waals surface area (Å²) in [5.74, 6) is 0.496. The molecule has 21 heavy (non-hydrogen) atoms. The van der Waals surface area contributed by atoms with Gasteiger partial charge in [-0.05, 0) is 49.6 Å². The molecule has 1 heterocycles. The maximum atomic E-state index is 13.6. The molecule has 2 nitrogen and oxygen atoms in total. The van der Waals surface area contributed by atoms with Gasteiger partial charge in [-0.15, -0.1) is 0 Å². The lowest BCUT2D eigenvalue weighted by molar-refractivity contribution is 0.180. The number of nitrogens with zero attached hydrogens (tertiary/aromatic N) is 1. The second-order valence-corrected chi connectivity index (χ2v) is 7.21. The normalized spacial score (nSPS) is 25.6. The summed E-state index contributed by atoms with van der Waals surface area (Å²) in [6.07, 6.45) is 2.33. The molecule has 1 aromatic rings. The number of benzene rings is 1. The Hall–Kier alpha value is -0.450. The van der Waals surface area contributed by atoms with Gasteiger partial charge in [-0.3, -0.25) is 4.90 Å². The average molecular weight is 357 g/mol. The van der Waals surface area contributed by atoms with Crippen molar-refractivity contribution in [2.45, 2.75) is 52.2 Å². The Labute approximate surface area is 136 Å². The molecule has 1 saturated heterocycles. The van der Waals surface area contributed by atoms with Crippen molar-refractivity contribution in [2.75, 3.05) is 13.1 Å². The van der Waals surface area contributed by atoms with Crippen LogP contribution in [-0.2, 0) is 6.54 Å². The Bertz CT molecular complexity index is 446. The van der Waals surface area contributed by atoms with Crippen LogP contribution in [0.15, 0.2) is 22.7 Å². The first-order chi connectivity index (χ1) is 9.99. The summed E-state index contributed by atoms with van der Waals surface area (Å²) in [6, 6.07) is 6.23. The van der Waals surface area contributed by atoms with Gasteiger partial charge in [0.05, 0.1) is 0 Å². The SMILES string of the molecule is CCC(C)C1CN(Cc2cc(F)cc(Br)c2)C(C)CCN1. The van der Waals surface area contributed by atoms with Gasteiger partial charge in [0.15, 0.2) is 0 Å². The van der Waals surface area contributed by atoms with E-state index >= 15 is 0 Å². The van der Waals surface area contributed by atoms with Crippen LogP contribution in [0.5, 0.6) is 0 Å². The van der Waals surface area contributed by atoms with Crippen molar-refractivity contribution in [1.82, 2.24) is 10.2 Å². The summed E-state index contributed by atoms with van der Waals surface area (Å²) in [7, 11) is 0. The van der Waals surface area contributed by atoms with Crippen LogP contribution in [-0.4, -0.2) is 30.1 Å². The van der Waals surface area contributed by atoms with Crippen LogP contribution in [0.1, 0.15) is 39.2 Å². The molecular formula is C17H26BrFN2. The standard InChI is InChI=1S/C17H26BrFN2/c1-4-12(2)17-11-21(13(3)5-6-20-17)10-14-7-15(18)9-16(19)8-14/h7-9,12-13,17,20H,4-6,10-11H2,1-3H3. The van der Waals surface area contributed by atoms with Gasteiger partial charge in [-0.2, -0.15) is 0 Å². The molecule has 0 bridgehead atoms. The highest BCUT2D eigenvalue weighted by atomic mass is 79.9. The largest absolute Gasteiger partial charge is 0.312 e. The van der Waals surface area contributed by atoms with Crippen molar-refractivity contribution < 1.29 is 4.39 Å². The fourth-order valence-electron chi connectivity index (χ4n) is 2.98. The second kappa shape index (κ2) is 7.70. The van der Waals surface area contributed by atoms with Gasteiger partial charge in [0.2, 0.25) is 0 Å². The van der Waals surface area contributed by atoms with Gasteiger partial charge < -0.3 is 5.32 Å². The Morgan fingerprint density at radius 1 is 1.43 bits per heavy atom. The molecule has 0 saturated carbocycles. The van der Waals surface area contributed by atoms with E-state index in [2.05, 4.69) is 46.9 Å². The molecule has 4 heteroatoms. The Morgan fingerprint density at radius 3 is 2.86 bits per heavy atom. The first kappa shape index (κ1) is 16.9. The van der Waals surface area contributed by atoms with Gasteiger partial charge in [-0.1, -0.05) is 36.2 Å². The number of rotatable bonds is 4. The first-order valence-corrected chi connectivity index (χ1v) is 8.71. The third-order valence-electron chi connectivity index (χ3n) is 4.66. The van der Waals surface area contributed by atoms with Gasteiger partial charge in [-0.25, -0.2) is 4.39 Å². The number of hydrogen-bond acceptors (Lipinski definition) is 2. The molecular weight excluding hydrogens is 331 g/mol. The summed E-state index contributed by atoms with van der Waals surface area (Å²) in [5.41, 5.74) is 1.04. The highest BCUT2D eigenvalue weighted by Gasteiger charge is 2.25. The van der Waals surface area contributed by atoms with E-state index in [0.717, 1.165) is 36.1 Å². The van der Waals surface area contributed by atoms with E-state index in [0.29, 0.717) is 18.0 Å². The predicted molar refractivity (Wildman–Crippen MR) is 89.8 cm³/mol. The third-order valence-corrected chi connectivity index (χ3v) is 5.12. The number of halogens is 2. The van der Waals surface area contributed by atoms with E-state index in [4.69, 9.17) is 0 Å². The molecule has 0 radical (unpaired) electrons. The van der Waals surface area contributed by atoms with Crippen molar-refractivity contribution >= 4 is 15.9 Å². The Kier molecular flexibility index (Phi) is 6.20. The van der Waals surface area contributed by atoms with E-state index in [-0.39, 0.29) is 5.82 Å². The van der Waals surface area contributed by atoms with Gasteiger partial charge in [0, 0.05) is 29.6 Å². The lowest BCUT2D eigenvalue weighted by atomic mass is 9.98. The summed E-state index contributed by atoms with van der Waals surface area (Å²) in [5, 5.41) is 3.68. The molecule has 0 spiro atoms. The van der Waals surface area contributed by atoms with Crippen LogP contribution in [0.3, 0.4) is 0 Å². The molecule has 2 rings (SSSR count). The summed E-state index contributed by atoms with van der Waals surface area (Å²) in [4.78, 5) is 2.48. The summed E-state index contributed by atoms with van der Waals surface area (Å²) >= 11 is 3.38. The van der Waals surface area contributed by atoms with E-state index in [1.165, 1.54) is 12.5 Å². The molecule has 3 atom stereocenters. The van der Waals surface area contributed by atoms with Crippen LogP contribution in [0.4, 0.5) is 4.39 Å². The number of hydrogen-bond donors (Lipinski definition) is 1. The first-order valence-electron chi connectivity index (χ1n) is 7.92. The maximum absolute atomic E-state index is 13.6. The Balaban J connectivity index is 2.11. The van der Waals surface area contributed by atoms with Crippen molar-refractivity contribution in [3.63, 3.8) is 0 Å². The highest BCUT2D eigenvalue weighted by molar-refractivity contribution is 9.10. The van der Waals surface area contributed by atoms with Gasteiger partial charge in [0.1, 0.15) is 5.82 Å². The molecule has 1 aromatic carbocycles. The molecule has 1 N–H and O–H groups in total. The van der Waals surface area contributed by atoms with Crippen molar-refractivity contribution in [2.24, 2.45) is 5.92 Å². The third kappa shape index (κ3) is 4.76. The molecule has 0 amide bonds. The van der Waals surface area contributed by atoms with Crippen LogP contribution in [0, 0.1) is 11.7 Å². The van der Waals surface area contributed by atoms with E-state index in [9.17, 15) is 4.39 Å². The lowest BCUT2D eigenvalue weighted by Gasteiger charge is -2.31. The smallest absolute Gasteiger partial charge is 0.124 e. The molecule has 1 fully saturated rings. The molecule has 1 aliphatic heterocycles. The summed E-state index contributed by atoms with van der Waals surface area (Å²) in [6.45, 7) is 9.74. The maximum Gasteiger partial charge on any atom is 0.124 e. The number of nitrogens with one attached hydrogen (secondary N) is 1. The molecule has 3 unspecified atom stereocenters. The van der Waals surface area contributed by atoms with E-state index in [1.54, 1.807) is 6.07 Å². The zero-order valence-electron chi connectivity index (χ0n) is 13.2. The Morgan fingerprint density at radius 2 is 2.19 bits per heavy atom. The topological polar surface area (TPSA) is 15.3 Å². The van der Waals surface area contributed by atoms with Gasteiger partial charge in [0.25, 0.3) is 0 Å². The predicted octanol–water partition coefficient (Wildman–Crippen LogP) is 4.19. The highest BCUT2D eigenvalue weighted by Crippen LogP contribution is 2.21. The van der Waals surface area contributed by atoms with Crippen molar-refractivity contribution in [3.8, 4) is 0 Å². The van der Waals surface area contributed by atoms with E-state index in [1.807, 2.05) is 6.07 Å².